The molecule has 4 N–H and O–H groups in total. The Morgan fingerprint density at radius 2 is 2.11 bits per heavy atom. The van der Waals surface area contributed by atoms with Gasteiger partial charge < -0.3 is 21.1 Å². The van der Waals surface area contributed by atoms with Crippen molar-refractivity contribution in [2.75, 3.05) is 13.1 Å². The summed E-state index contributed by atoms with van der Waals surface area (Å²) in [6, 6.07) is -1.61. The van der Waals surface area contributed by atoms with Gasteiger partial charge in [0.15, 0.2) is 0 Å². The third kappa shape index (κ3) is 7.07. The third-order valence-electron chi connectivity index (χ3n) is 2.41. The lowest BCUT2D eigenvalue weighted by molar-refractivity contribution is -0.139. The molecule has 1 unspecified atom stereocenters. The maximum absolute atomic E-state index is 11.9. The summed E-state index contributed by atoms with van der Waals surface area (Å²) < 4.78 is 0. The van der Waals surface area contributed by atoms with E-state index in [1.54, 1.807) is 6.08 Å². The summed E-state index contributed by atoms with van der Waals surface area (Å²) in [5.74, 6) is -1.79. The van der Waals surface area contributed by atoms with E-state index < -0.39 is 23.9 Å². The summed E-state index contributed by atoms with van der Waals surface area (Å²) in [5.41, 5.74) is 4.96. The van der Waals surface area contributed by atoms with Gasteiger partial charge in [0.05, 0.1) is 0 Å². The van der Waals surface area contributed by atoms with Crippen LogP contribution in [0.1, 0.15) is 26.2 Å². The van der Waals surface area contributed by atoms with Gasteiger partial charge in [-0.05, 0) is 12.8 Å². The lowest BCUT2D eigenvalue weighted by Gasteiger charge is -2.23. The number of urea groups is 1. The highest BCUT2D eigenvalue weighted by molar-refractivity contribution is 5.83. The average Bonchev–Trinajstić information content (AvgIpc) is 2.33. The first-order chi connectivity index (χ1) is 8.92. The minimum absolute atomic E-state index is 0.0234. The van der Waals surface area contributed by atoms with Crippen molar-refractivity contribution >= 4 is 17.9 Å². The average molecular weight is 271 g/mol. The van der Waals surface area contributed by atoms with Crippen molar-refractivity contribution in [2.45, 2.75) is 32.2 Å². The number of hydrogen-bond acceptors (Lipinski definition) is 3. The van der Waals surface area contributed by atoms with Crippen LogP contribution in [-0.2, 0) is 9.59 Å². The van der Waals surface area contributed by atoms with Crippen LogP contribution in [0.5, 0.6) is 0 Å². The highest BCUT2D eigenvalue weighted by Crippen LogP contribution is 2.00. The fraction of sp³-hybridized carbons (Fsp3) is 0.583. The summed E-state index contributed by atoms with van der Waals surface area (Å²) in [4.78, 5) is 34.9. The Bertz CT molecular complexity index is 344. The number of primary amides is 1. The van der Waals surface area contributed by atoms with Crippen molar-refractivity contribution in [3.8, 4) is 0 Å². The monoisotopic (exact) mass is 271 g/mol. The largest absolute Gasteiger partial charge is 0.480 e. The predicted molar refractivity (Wildman–Crippen MR) is 70.4 cm³/mol. The number of carboxylic acid groups (broad SMARTS) is 1. The van der Waals surface area contributed by atoms with Crippen LogP contribution in [0.2, 0.25) is 0 Å². The molecule has 0 aliphatic heterocycles. The molecule has 0 bridgehead atoms. The Kier molecular flexibility index (Phi) is 7.99. The Labute approximate surface area is 112 Å². The number of nitrogens with two attached hydrogens (primary N) is 1. The number of carboxylic acids is 1. The molecule has 7 nitrogen and oxygen atoms in total. The number of carbonyl (C=O) groups is 3. The number of rotatable bonds is 9. The van der Waals surface area contributed by atoms with Gasteiger partial charge in [-0.1, -0.05) is 13.0 Å². The standard InChI is InChI=1S/C12H21N3O4/c1-3-7-15(8-4-2)12(19)14-9(11(17)18)5-6-10(13)16/h3,9H,1,4-8H2,2H3,(H2,13,16)(H,14,19)(H,17,18). The van der Waals surface area contributed by atoms with Gasteiger partial charge in [0.2, 0.25) is 5.91 Å². The normalized spacial score (nSPS) is 11.4. The topological polar surface area (TPSA) is 113 Å². The van der Waals surface area contributed by atoms with E-state index >= 15 is 0 Å². The number of amides is 3. The number of nitrogens with zero attached hydrogens (tertiary/aromatic N) is 1. The van der Waals surface area contributed by atoms with E-state index in [0.29, 0.717) is 13.1 Å². The summed E-state index contributed by atoms with van der Waals surface area (Å²) >= 11 is 0. The number of hydrogen-bond donors (Lipinski definition) is 3. The van der Waals surface area contributed by atoms with E-state index in [1.807, 2.05) is 6.92 Å². The van der Waals surface area contributed by atoms with E-state index in [-0.39, 0.29) is 12.8 Å². The molecule has 0 saturated carbocycles. The first-order valence-electron chi connectivity index (χ1n) is 6.09. The van der Waals surface area contributed by atoms with Crippen molar-refractivity contribution < 1.29 is 19.5 Å². The predicted octanol–water partition coefficient (Wildman–Crippen LogP) is 0.313. The quantitative estimate of drug-likeness (QED) is 0.524. The third-order valence-corrected chi connectivity index (χ3v) is 2.41. The molecule has 0 aliphatic carbocycles. The molecule has 7 heteroatoms. The molecular weight excluding hydrogens is 250 g/mol. The Hall–Kier alpha value is -2.05. The molecule has 0 fully saturated rings. The molecule has 19 heavy (non-hydrogen) atoms. The fourth-order valence-electron chi connectivity index (χ4n) is 1.49. The Morgan fingerprint density at radius 3 is 2.53 bits per heavy atom. The first kappa shape index (κ1) is 16.9. The molecule has 0 radical (unpaired) electrons. The summed E-state index contributed by atoms with van der Waals surface area (Å²) in [5, 5.41) is 11.3. The SMILES string of the molecule is C=CCN(CCC)C(=O)NC(CCC(N)=O)C(=O)O. The number of aliphatic carboxylic acids is 1. The van der Waals surface area contributed by atoms with Gasteiger partial charge in [-0.15, -0.1) is 6.58 Å². The highest BCUT2D eigenvalue weighted by atomic mass is 16.4. The van der Waals surface area contributed by atoms with Crippen LogP contribution in [-0.4, -0.2) is 47.0 Å². The maximum Gasteiger partial charge on any atom is 0.326 e. The van der Waals surface area contributed by atoms with Gasteiger partial charge in [0.25, 0.3) is 0 Å². The molecular formula is C12H21N3O4. The zero-order chi connectivity index (χ0) is 14.8. The summed E-state index contributed by atoms with van der Waals surface area (Å²) in [6.07, 6.45) is 2.20. The molecule has 0 aliphatic rings. The molecule has 0 spiro atoms. The molecule has 0 saturated heterocycles. The van der Waals surface area contributed by atoms with E-state index in [1.165, 1.54) is 4.90 Å². The van der Waals surface area contributed by atoms with Gasteiger partial charge >= 0.3 is 12.0 Å². The van der Waals surface area contributed by atoms with Crippen LogP contribution in [0.3, 0.4) is 0 Å². The van der Waals surface area contributed by atoms with Crippen LogP contribution < -0.4 is 11.1 Å². The van der Waals surface area contributed by atoms with Crippen molar-refractivity contribution in [1.29, 1.82) is 0 Å². The molecule has 108 valence electrons. The van der Waals surface area contributed by atoms with Crippen molar-refractivity contribution in [2.24, 2.45) is 5.73 Å². The van der Waals surface area contributed by atoms with Crippen LogP contribution in [0.25, 0.3) is 0 Å². The second-order valence-corrected chi connectivity index (χ2v) is 4.08. The second-order valence-electron chi connectivity index (χ2n) is 4.08. The van der Waals surface area contributed by atoms with Crippen LogP contribution >= 0.6 is 0 Å². The van der Waals surface area contributed by atoms with Gasteiger partial charge in [-0.25, -0.2) is 9.59 Å². The Morgan fingerprint density at radius 1 is 1.47 bits per heavy atom. The molecule has 0 aromatic carbocycles. The van der Waals surface area contributed by atoms with Crippen molar-refractivity contribution in [1.82, 2.24) is 10.2 Å². The molecule has 0 aromatic heterocycles. The van der Waals surface area contributed by atoms with Gasteiger partial charge in [-0.2, -0.15) is 0 Å². The molecule has 0 aromatic rings. The molecule has 0 rings (SSSR count). The van der Waals surface area contributed by atoms with E-state index in [0.717, 1.165) is 6.42 Å². The lowest BCUT2D eigenvalue weighted by atomic mass is 10.1. The Balaban J connectivity index is 4.54. The van der Waals surface area contributed by atoms with E-state index in [4.69, 9.17) is 10.8 Å². The smallest absolute Gasteiger partial charge is 0.326 e. The minimum atomic E-state index is -1.19. The maximum atomic E-state index is 11.9. The number of carbonyl (C=O) groups excluding carboxylic acids is 2. The zero-order valence-corrected chi connectivity index (χ0v) is 11.1. The zero-order valence-electron chi connectivity index (χ0n) is 11.1. The van der Waals surface area contributed by atoms with Gasteiger partial charge in [0.1, 0.15) is 6.04 Å². The second kappa shape index (κ2) is 8.96. The van der Waals surface area contributed by atoms with E-state index in [9.17, 15) is 14.4 Å². The van der Waals surface area contributed by atoms with Gasteiger partial charge in [0, 0.05) is 19.5 Å². The van der Waals surface area contributed by atoms with Crippen LogP contribution in [0.4, 0.5) is 4.79 Å². The molecule has 3 amide bonds. The minimum Gasteiger partial charge on any atom is -0.480 e. The van der Waals surface area contributed by atoms with Crippen molar-refractivity contribution in [3.05, 3.63) is 12.7 Å². The van der Waals surface area contributed by atoms with Crippen LogP contribution in [0, 0.1) is 0 Å². The highest BCUT2D eigenvalue weighted by Gasteiger charge is 2.22. The fourth-order valence-corrected chi connectivity index (χ4v) is 1.49. The molecule has 1 atom stereocenters. The lowest BCUT2D eigenvalue weighted by Crippen LogP contribution is -2.48. The molecule has 0 heterocycles. The van der Waals surface area contributed by atoms with Gasteiger partial charge in [-0.3, -0.25) is 4.79 Å². The van der Waals surface area contributed by atoms with Crippen LogP contribution in [0.15, 0.2) is 12.7 Å². The van der Waals surface area contributed by atoms with E-state index in [2.05, 4.69) is 11.9 Å². The van der Waals surface area contributed by atoms with Crippen molar-refractivity contribution in [3.63, 3.8) is 0 Å². The first-order valence-corrected chi connectivity index (χ1v) is 6.09. The number of nitrogens with one attached hydrogen (secondary N) is 1. The summed E-state index contributed by atoms with van der Waals surface area (Å²) in [6.45, 7) is 6.28. The summed E-state index contributed by atoms with van der Waals surface area (Å²) in [7, 11) is 0.